The number of anilines is 2. The van der Waals surface area contributed by atoms with Crippen LogP contribution in [-0.2, 0) is 28.0 Å². The zero-order chi connectivity index (χ0) is 24.0. The number of benzene rings is 3. The van der Waals surface area contributed by atoms with Gasteiger partial charge in [-0.15, -0.1) is 0 Å². The molecule has 4 rings (SSSR count). The van der Waals surface area contributed by atoms with E-state index in [2.05, 4.69) is 10.0 Å². The van der Waals surface area contributed by atoms with Gasteiger partial charge < -0.3 is 14.5 Å². The Hall–Kier alpha value is -3.59. The average Bonchev–Trinajstić information content (AvgIpc) is 3.34. The van der Waals surface area contributed by atoms with Crippen LogP contribution in [0, 0.1) is 0 Å². The molecule has 4 aromatic rings. The van der Waals surface area contributed by atoms with Gasteiger partial charge in [0.05, 0.1) is 28.5 Å². The van der Waals surface area contributed by atoms with Crippen LogP contribution >= 0.6 is 11.6 Å². The van der Waals surface area contributed by atoms with E-state index in [4.69, 9.17) is 20.8 Å². The molecule has 0 atom stereocenters. The molecule has 2 N–H and O–H groups in total. The van der Waals surface area contributed by atoms with Crippen molar-refractivity contribution in [3.8, 4) is 0 Å². The first-order chi connectivity index (χ1) is 16.4. The minimum Gasteiger partial charge on any atom is -0.467 e. The smallest absolute Gasteiger partial charge is 0.261 e. The number of amides is 1. The van der Waals surface area contributed by atoms with Crippen molar-refractivity contribution in [1.82, 2.24) is 0 Å². The summed E-state index contributed by atoms with van der Waals surface area (Å²) in [6, 6.07) is 23.1. The van der Waals surface area contributed by atoms with Crippen LogP contribution < -0.4 is 10.0 Å². The molecule has 0 spiro atoms. The number of carbonyl (C=O) groups is 1. The van der Waals surface area contributed by atoms with E-state index in [1.165, 1.54) is 18.2 Å². The van der Waals surface area contributed by atoms with Gasteiger partial charge in [-0.2, -0.15) is 0 Å². The molecule has 0 fully saturated rings. The van der Waals surface area contributed by atoms with Gasteiger partial charge in [-0.05, 0) is 60.2 Å². The number of hydrogen-bond donors (Lipinski definition) is 2. The second-order valence-corrected chi connectivity index (χ2v) is 9.43. The highest BCUT2D eigenvalue weighted by Crippen LogP contribution is 2.24. The molecule has 3 aromatic carbocycles. The van der Waals surface area contributed by atoms with Crippen LogP contribution in [-0.4, -0.2) is 14.3 Å². The third-order valence-corrected chi connectivity index (χ3v) is 6.50. The Morgan fingerprint density at radius 3 is 2.53 bits per heavy atom. The molecule has 0 saturated carbocycles. The number of ether oxygens (including phenoxy) is 1. The predicted molar refractivity (Wildman–Crippen MR) is 130 cm³/mol. The molecule has 1 heterocycles. The summed E-state index contributed by atoms with van der Waals surface area (Å²) >= 11 is 6.06. The van der Waals surface area contributed by atoms with Crippen molar-refractivity contribution in [3.05, 3.63) is 113 Å². The number of hydrogen-bond acceptors (Lipinski definition) is 5. The van der Waals surface area contributed by atoms with Crippen LogP contribution in [0.5, 0.6) is 0 Å². The topological polar surface area (TPSA) is 97.6 Å². The number of para-hydroxylation sites is 1. The molecule has 0 radical (unpaired) electrons. The summed E-state index contributed by atoms with van der Waals surface area (Å²) in [5, 5.41) is 3.06. The van der Waals surface area contributed by atoms with Crippen molar-refractivity contribution < 1.29 is 22.4 Å². The quantitative estimate of drug-likeness (QED) is 0.309. The maximum Gasteiger partial charge on any atom is 0.261 e. The van der Waals surface area contributed by atoms with Crippen molar-refractivity contribution in [2.75, 3.05) is 10.0 Å². The van der Waals surface area contributed by atoms with Gasteiger partial charge in [0.15, 0.2) is 0 Å². The van der Waals surface area contributed by atoms with Gasteiger partial charge >= 0.3 is 0 Å². The number of sulfonamides is 1. The molecule has 34 heavy (non-hydrogen) atoms. The molecule has 0 aliphatic heterocycles. The van der Waals surface area contributed by atoms with E-state index in [1.807, 2.05) is 12.1 Å². The first-order valence-electron chi connectivity index (χ1n) is 10.3. The Morgan fingerprint density at radius 1 is 0.912 bits per heavy atom. The van der Waals surface area contributed by atoms with E-state index in [0.29, 0.717) is 18.9 Å². The summed E-state index contributed by atoms with van der Waals surface area (Å²) < 4.78 is 38.9. The Morgan fingerprint density at radius 2 is 1.74 bits per heavy atom. The average molecular weight is 497 g/mol. The molecule has 0 unspecified atom stereocenters. The van der Waals surface area contributed by atoms with Crippen molar-refractivity contribution >= 4 is 38.9 Å². The maximum absolute atomic E-state index is 12.8. The molecule has 174 valence electrons. The van der Waals surface area contributed by atoms with E-state index in [-0.39, 0.29) is 21.2 Å². The molecule has 0 saturated heterocycles. The van der Waals surface area contributed by atoms with E-state index in [0.717, 1.165) is 11.3 Å². The van der Waals surface area contributed by atoms with Gasteiger partial charge in [-0.3, -0.25) is 9.52 Å². The Labute approximate surface area is 202 Å². The van der Waals surface area contributed by atoms with Crippen LogP contribution in [0.25, 0.3) is 0 Å². The van der Waals surface area contributed by atoms with E-state index >= 15 is 0 Å². The number of halogens is 1. The minimum atomic E-state index is -3.94. The lowest BCUT2D eigenvalue weighted by molar-refractivity contribution is 0.0929. The fourth-order valence-electron chi connectivity index (χ4n) is 3.16. The second-order valence-electron chi connectivity index (χ2n) is 7.34. The second kappa shape index (κ2) is 10.6. The fourth-order valence-corrected chi connectivity index (χ4v) is 4.52. The van der Waals surface area contributed by atoms with Crippen LogP contribution in [0.3, 0.4) is 0 Å². The van der Waals surface area contributed by atoms with Gasteiger partial charge in [-0.1, -0.05) is 41.9 Å². The minimum absolute atomic E-state index is 0.0554. The molecule has 1 amide bonds. The lowest BCUT2D eigenvalue weighted by atomic mass is 10.2. The van der Waals surface area contributed by atoms with Crippen LogP contribution in [0.1, 0.15) is 21.7 Å². The van der Waals surface area contributed by atoms with Gasteiger partial charge in [0.1, 0.15) is 12.4 Å². The monoisotopic (exact) mass is 496 g/mol. The summed E-state index contributed by atoms with van der Waals surface area (Å²) in [5.41, 5.74) is 1.88. The summed E-state index contributed by atoms with van der Waals surface area (Å²) in [4.78, 5) is 12.7. The SMILES string of the molecule is O=C(Nc1cccc(COCc2ccco2)c1)c1cccc(S(=O)(=O)Nc2ccccc2Cl)c1. The Bertz CT molecular complexity index is 1390. The third-order valence-electron chi connectivity index (χ3n) is 4.80. The highest BCUT2D eigenvalue weighted by molar-refractivity contribution is 7.92. The number of nitrogens with one attached hydrogen (secondary N) is 2. The molecule has 7 nitrogen and oxygen atoms in total. The predicted octanol–water partition coefficient (Wildman–Crippen LogP) is 5.70. The van der Waals surface area contributed by atoms with Crippen LogP contribution in [0.2, 0.25) is 5.02 Å². The lowest BCUT2D eigenvalue weighted by Crippen LogP contribution is -2.16. The summed E-state index contributed by atoms with van der Waals surface area (Å²) in [6.45, 7) is 0.680. The summed E-state index contributed by atoms with van der Waals surface area (Å²) in [7, 11) is -3.94. The number of rotatable bonds is 9. The molecular weight excluding hydrogens is 476 g/mol. The van der Waals surface area contributed by atoms with E-state index < -0.39 is 15.9 Å². The van der Waals surface area contributed by atoms with Gasteiger partial charge in [0.25, 0.3) is 15.9 Å². The van der Waals surface area contributed by atoms with E-state index in [9.17, 15) is 13.2 Å². The molecule has 0 aliphatic carbocycles. The third kappa shape index (κ3) is 6.05. The Balaban J connectivity index is 1.43. The first kappa shape index (κ1) is 23.6. The number of carbonyl (C=O) groups excluding carboxylic acids is 1. The maximum atomic E-state index is 12.8. The largest absolute Gasteiger partial charge is 0.467 e. The zero-order valence-electron chi connectivity index (χ0n) is 17.9. The zero-order valence-corrected chi connectivity index (χ0v) is 19.5. The van der Waals surface area contributed by atoms with Crippen molar-refractivity contribution in [2.24, 2.45) is 0 Å². The van der Waals surface area contributed by atoms with Gasteiger partial charge in [0.2, 0.25) is 0 Å². The van der Waals surface area contributed by atoms with Crippen molar-refractivity contribution in [3.63, 3.8) is 0 Å². The Kier molecular flexibility index (Phi) is 7.32. The fraction of sp³-hybridized carbons (Fsp3) is 0.0800. The number of furan rings is 1. The van der Waals surface area contributed by atoms with Crippen molar-refractivity contribution in [2.45, 2.75) is 18.1 Å². The van der Waals surface area contributed by atoms with E-state index in [1.54, 1.807) is 60.9 Å². The lowest BCUT2D eigenvalue weighted by Gasteiger charge is -2.11. The molecular formula is C25H21ClN2O5S. The van der Waals surface area contributed by atoms with Gasteiger partial charge in [-0.25, -0.2) is 8.42 Å². The van der Waals surface area contributed by atoms with Crippen molar-refractivity contribution in [1.29, 1.82) is 0 Å². The van der Waals surface area contributed by atoms with Gasteiger partial charge in [0, 0.05) is 11.3 Å². The normalized spacial score (nSPS) is 11.2. The molecule has 0 bridgehead atoms. The summed E-state index contributed by atoms with van der Waals surface area (Å²) in [6.07, 6.45) is 1.59. The van der Waals surface area contributed by atoms with Crippen LogP contribution in [0.4, 0.5) is 11.4 Å². The molecule has 1 aromatic heterocycles. The molecule has 0 aliphatic rings. The first-order valence-corrected chi connectivity index (χ1v) is 12.1. The summed E-state index contributed by atoms with van der Waals surface area (Å²) in [5.74, 6) is 0.284. The highest BCUT2D eigenvalue weighted by Gasteiger charge is 2.18. The highest BCUT2D eigenvalue weighted by atomic mass is 35.5. The van der Waals surface area contributed by atoms with Crippen LogP contribution in [0.15, 0.2) is 101 Å². The standard InChI is InChI=1S/C25H21ClN2O5S/c26-23-11-1-2-12-24(23)28-34(30,31)22-10-4-7-19(15-22)25(29)27-20-8-3-6-18(14-20)16-32-17-21-9-5-13-33-21/h1-15,28H,16-17H2,(H,27,29). The molecule has 9 heteroatoms.